The standard InChI is InChI=1S/C9H10INO4S/c1-15-9(12)7-5-6(10)3-4-8(7)11-16(2,13)14/h3-5,11H,1-2H3. The molecule has 88 valence electrons. The molecule has 0 saturated heterocycles. The lowest BCUT2D eigenvalue weighted by atomic mass is 10.2. The average Bonchev–Trinajstić information content (AvgIpc) is 2.17. The van der Waals surface area contributed by atoms with Crippen LogP contribution in [0.15, 0.2) is 18.2 Å². The van der Waals surface area contributed by atoms with Crippen molar-refractivity contribution in [2.75, 3.05) is 18.1 Å². The van der Waals surface area contributed by atoms with E-state index < -0.39 is 16.0 Å². The molecule has 0 radical (unpaired) electrons. The Morgan fingerprint density at radius 3 is 2.56 bits per heavy atom. The summed E-state index contributed by atoms with van der Waals surface area (Å²) < 4.78 is 29.8. The molecule has 5 nitrogen and oxygen atoms in total. The van der Waals surface area contributed by atoms with E-state index in [1.54, 1.807) is 12.1 Å². The van der Waals surface area contributed by atoms with Gasteiger partial charge in [0.25, 0.3) is 0 Å². The average molecular weight is 355 g/mol. The fourth-order valence-corrected chi connectivity index (χ4v) is 2.15. The normalized spacial score (nSPS) is 10.9. The summed E-state index contributed by atoms with van der Waals surface area (Å²) >= 11 is 2.02. The van der Waals surface area contributed by atoms with Gasteiger partial charge < -0.3 is 4.74 Å². The van der Waals surface area contributed by atoms with Crippen molar-refractivity contribution in [3.8, 4) is 0 Å². The molecule has 0 aromatic heterocycles. The molecule has 7 heteroatoms. The highest BCUT2D eigenvalue weighted by Crippen LogP contribution is 2.20. The Hall–Kier alpha value is -0.830. The lowest BCUT2D eigenvalue weighted by Gasteiger charge is -2.09. The molecule has 1 aromatic rings. The number of ether oxygens (including phenoxy) is 1. The van der Waals surface area contributed by atoms with Gasteiger partial charge in [-0.05, 0) is 40.8 Å². The quantitative estimate of drug-likeness (QED) is 0.658. The van der Waals surface area contributed by atoms with Crippen LogP contribution in [0.3, 0.4) is 0 Å². The Kier molecular flexibility index (Phi) is 4.14. The van der Waals surface area contributed by atoms with Crippen LogP contribution in [0.2, 0.25) is 0 Å². The van der Waals surface area contributed by atoms with Crippen molar-refractivity contribution in [3.63, 3.8) is 0 Å². The molecule has 0 fully saturated rings. The number of esters is 1. The monoisotopic (exact) mass is 355 g/mol. The number of hydrogen-bond acceptors (Lipinski definition) is 4. The number of methoxy groups -OCH3 is 1. The van der Waals surface area contributed by atoms with Crippen molar-refractivity contribution in [2.24, 2.45) is 0 Å². The summed E-state index contributed by atoms with van der Waals surface area (Å²) in [5.74, 6) is -0.579. The van der Waals surface area contributed by atoms with Crippen LogP contribution in [0.25, 0.3) is 0 Å². The van der Waals surface area contributed by atoms with Gasteiger partial charge in [-0.15, -0.1) is 0 Å². The van der Waals surface area contributed by atoms with Crippen molar-refractivity contribution in [2.45, 2.75) is 0 Å². The highest BCUT2D eigenvalue weighted by molar-refractivity contribution is 14.1. The van der Waals surface area contributed by atoms with Crippen molar-refractivity contribution >= 4 is 44.3 Å². The maximum atomic E-state index is 11.4. The van der Waals surface area contributed by atoms with Crippen LogP contribution < -0.4 is 4.72 Å². The van der Waals surface area contributed by atoms with E-state index in [4.69, 9.17) is 0 Å². The molecule has 0 unspecified atom stereocenters. The van der Waals surface area contributed by atoms with Crippen molar-refractivity contribution in [1.82, 2.24) is 0 Å². The van der Waals surface area contributed by atoms with Gasteiger partial charge in [-0.2, -0.15) is 0 Å². The predicted molar refractivity (Wildman–Crippen MR) is 69.0 cm³/mol. The first-order valence-electron chi connectivity index (χ1n) is 4.19. The summed E-state index contributed by atoms with van der Waals surface area (Å²) in [6.07, 6.45) is 1.02. The van der Waals surface area contributed by atoms with Gasteiger partial charge in [0.2, 0.25) is 10.0 Å². The molecule has 1 aromatic carbocycles. The zero-order valence-electron chi connectivity index (χ0n) is 8.65. The Morgan fingerprint density at radius 1 is 1.44 bits per heavy atom. The van der Waals surface area contributed by atoms with Gasteiger partial charge in [-0.1, -0.05) is 0 Å². The minimum absolute atomic E-state index is 0.194. The Labute approximate surface area is 107 Å². The number of carbonyl (C=O) groups is 1. The topological polar surface area (TPSA) is 72.5 Å². The molecule has 0 aliphatic rings. The summed E-state index contributed by atoms with van der Waals surface area (Å²) in [6, 6.07) is 4.77. The molecule has 0 saturated carbocycles. The number of benzene rings is 1. The molecule has 0 aliphatic heterocycles. The van der Waals surface area contributed by atoms with E-state index in [0.717, 1.165) is 9.83 Å². The summed E-state index contributed by atoms with van der Waals surface area (Å²) in [5, 5.41) is 0. The second-order valence-corrected chi connectivity index (χ2v) is 6.05. The molecule has 0 heterocycles. The highest BCUT2D eigenvalue weighted by Gasteiger charge is 2.14. The van der Waals surface area contributed by atoms with Crippen LogP contribution in [-0.4, -0.2) is 27.8 Å². The molecule has 0 spiro atoms. The van der Waals surface area contributed by atoms with Crippen molar-refractivity contribution in [3.05, 3.63) is 27.3 Å². The third kappa shape index (κ3) is 3.63. The van der Waals surface area contributed by atoms with Gasteiger partial charge in [-0.25, -0.2) is 13.2 Å². The Balaban J connectivity index is 3.23. The third-order valence-corrected chi connectivity index (χ3v) is 2.94. The highest BCUT2D eigenvalue weighted by atomic mass is 127. The zero-order chi connectivity index (χ0) is 12.3. The van der Waals surface area contributed by atoms with Crippen LogP contribution >= 0.6 is 22.6 Å². The van der Waals surface area contributed by atoms with E-state index >= 15 is 0 Å². The van der Waals surface area contributed by atoms with Gasteiger partial charge in [0.05, 0.1) is 24.6 Å². The van der Waals surface area contributed by atoms with Crippen LogP contribution in [0, 0.1) is 3.57 Å². The number of carbonyl (C=O) groups excluding carboxylic acids is 1. The Morgan fingerprint density at radius 2 is 2.06 bits per heavy atom. The SMILES string of the molecule is COC(=O)c1cc(I)ccc1NS(C)(=O)=O. The van der Waals surface area contributed by atoms with Crippen molar-refractivity contribution < 1.29 is 17.9 Å². The molecular weight excluding hydrogens is 345 g/mol. The lowest BCUT2D eigenvalue weighted by Crippen LogP contribution is -2.14. The van der Waals surface area contributed by atoms with E-state index in [2.05, 4.69) is 9.46 Å². The van der Waals surface area contributed by atoms with Gasteiger partial charge >= 0.3 is 5.97 Å². The first-order valence-corrected chi connectivity index (χ1v) is 7.16. The third-order valence-electron chi connectivity index (χ3n) is 1.68. The van der Waals surface area contributed by atoms with Crippen molar-refractivity contribution in [1.29, 1.82) is 0 Å². The van der Waals surface area contributed by atoms with E-state index in [1.807, 2.05) is 22.6 Å². The minimum Gasteiger partial charge on any atom is -0.465 e. The van der Waals surface area contributed by atoms with Gasteiger partial charge in [-0.3, -0.25) is 4.72 Å². The molecular formula is C9H10INO4S. The minimum atomic E-state index is -3.41. The fraction of sp³-hybridized carbons (Fsp3) is 0.222. The number of halogens is 1. The summed E-state index contributed by atoms with van der Waals surface area (Å²) in [6.45, 7) is 0. The summed E-state index contributed by atoms with van der Waals surface area (Å²) in [4.78, 5) is 11.4. The number of nitrogens with one attached hydrogen (secondary N) is 1. The van der Waals surface area contributed by atoms with Crippen LogP contribution in [0.1, 0.15) is 10.4 Å². The first kappa shape index (κ1) is 13.2. The molecule has 0 bridgehead atoms. The zero-order valence-corrected chi connectivity index (χ0v) is 11.6. The van der Waals surface area contributed by atoms with E-state index in [1.165, 1.54) is 13.2 Å². The molecule has 0 aliphatic carbocycles. The molecule has 1 rings (SSSR count). The summed E-state index contributed by atoms with van der Waals surface area (Å²) in [5.41, 5.74) is 0.412. The van der Waals surface area contributed by atoms with Crippen LogP contribution in [-0.2, 0) is 14.8 Å². The van der Waals surface area contributed by atoms with Gasteiger partial charge in [0.15, 0.2) is 0 Å². The second-order valence-electron chi connectivity index (χ2n) is 3.06. The maximum absolute atomic E-state index is 11.4. The predicted octanol–water partition coefficient (Wildman–Crippen LogP) is 1.45. The van der Waals surface area contributed by atoms with Crippen LogP contribution in [0.4, 0.5) is 5.69 Å². The molecule has 1 N–H and O–H groups in total. The van der Waals surface area contributed by atoms with E-state index in [-0.39, 0.29) is 11.3 Å². The molecule has 0 amide bonds. The lowest BCUT2D eigenvalue weighted by molar-refractivity contribution is 0.0602. The van der Waals surface area contributed by atoms with E-state index in [0.29, 0.717) is 0 Å². The van der Waals surface area contributed by atoms with Crippen LogP contribution in [0.5, 0.6) is 0 Å². The van der Waals surface area contributed by atoms with E-state index in [9.17, 15) is 13.2 Å². The van der Waals surface area contributed by atoms with Gasteiger partial charge in [0.1, 0.15) is 0 Å². The fourth-order valence-electron chi connectivity index (χ4n) is 1.08. The van der Waals surface area contributed by atoms with Gasteiger partial charge in [0, 0.05) is 3.57 Å². The molecule has 16 heavy (non-hydrogen) atoms. The summed E-state index contributed by atoms with van der Waals surface area (Å²) in [7, 11) is -2.17. The number of rotatable bonds is 3. The largest absolute Gasteiger partial charge is 0.465 e. The second kappa shape index (κ2) is 5.00. The smallest absolute Gasteiger partial charge is 0.340 e. The number of anilines is 1. The molecule has 0 atom stereocenters. The number of hydrogen-bond donors (Lipinski definition) is 1. The Bertz CT molecular complexity index is 512. The maximum Gasteiger partial charge on any atom is 0.340 e. The number of sulfonamides is 1. The first-order chi connectivity index (χ1) is 7.33.